The molecule has 2 aliphatic rings. The summed E-state index contributed by atoms with van der Waals surface area (Å²) in [6, 6.07) is 0.553. The van der Waals surface area contributed by atoms with Crippen molar-refractivity contribution in [3.05, 3.63) is 6.20 Å². The molecule has 9 heteroatoms. The number of amides is 2. The lowest BCUT2D eigenvalue weighted by Gasteiger charge is -2.41. The Bertz CT molecular complexity index is 714. The van der Waals surface area contributed by atoms with Gasteiger partial charge >= 0.3 is 12.0 Å². The number of carbonyl (C=O) groups excluding carboxylic acids is 1. The van der Waals surface area contributed by atoms with Gasteiger partial charge in [0, 0.05) is 31.1 Å². The van der Waals surface area contributed by atoms with Crippen molar-refractivity contribution in [2.24, 2.45) is 5.92 Å². The summed E-state index contributed by atoms with van der Waals surface area (Å²) in [7, 11) is 0. The second kappa shape index (κ2) is 13.4. The molecule has 2 saturated carbocycles. The van der Waals surface area contributed by atoms with Crippen LogP contribution in [0.25, 0.3) is 0 Å². The number of ether oxygens (including phenoxy) is 1. The monoisotopic (exact) mass is 483 g/mol. The lowest BCUT2D eigenvalue weighted by molar-refractivity contribution is -0.136. The Morgan fingerprint density at radius 1 is 1.16 bits per heavy atom. The summed E-state index contributed by atoms with van der Waals surface area (Å²) in [6.07, 6.45) is 13.2. The molecule has 0 aromatic carbocycles. The van der Waals surface area contributed by atoms with E-state index in [9.17, 15) is 9.59 Å². The molecule has 0 radical (unpaired) electrons. The van der Waals surface area contributed by atoms with Crippen LogP contribution in [0, 0.1) is 5.92 Å². The first-order valence-corrected chi connectivity index (χ1v) is 13.8. The molecule has 2 amide bonds. The average molecular weight is 484 g/mol. The van der Waals surface area contributed by atoms with Crippen molar-refractivity contribution < 1.29 is 19.4 Å². The van der Waals surface area contributed by atoms with E-state index in [1.807, 2.05) is 6.92 Å². The van der Waals surface area contributed by atoms with E-state index < -0.39 is 5.97 Å². The summed E-state index contributed by atoms with van der Waals surface area (Å²) >= 11 is 2.89. The fourth-order valence-electron chi connectivity index (χ4n) is 4.82. The number of hydrogen-bond donors (Lipinski definition) is 2. The van der Waals surface area contributed by atoms with E-state index in [0.717, 1.165) is 55.9 Å². The third-order valence-corrected chi connectivity index (χ3v) is 8.59. The molecular formula is C23H37N3O4S2. The average Bonchev–Trinajstić information content (AvgIpc) is 3.04. The first kappa shape index (κ1) is 25.3. The summed E-state index contributed by atoms with van der Waals surface area (Å²) in [6.45, 7) is 3.64. The molecule has 2 N–H and O–H groups in total. The van der Waals surface area contributed by atoms with Gasteiger partial charge in [-0.3, -0.25) is 10.1 Å². The minimum absolute atomic E-state index is 0.0263. The summed E-state index contributed by atoms with van der Waals surface area (Å²) in [5, 5.41) is 12.5. The standard InChI is InChI=1S/C23H37N3O4S2/c1-2-30-16-17-9-11-19(12-10-17)26(18-7-5-3-4-6-8-18)23(29)25-22-24-15-21(32-22)31-14-13-20(27)28/h15,17-19H,2-14,16H2,1H3,(H,27,28)(H,24,25,29). The number of carboxylic acids is 1. The van der Waals surface area contributed by atoms with E-state index >= 15 is 0 Å². The summed E-state index contributed by atoms with van der Waals surface area (Å²) in [5.74, 6) is 0.310. The van der Waals surface area contributed by atoms with Crippen molar-refractivity contribution in [2.45, 2.75) is 93.8 Å². The quantitative estimate of drug-likeness (QED) is 0.320. The zero-order valence-electron chi connectivity index (χ0n) is 19.1. The highest BCUT2D eigenvalue weighted by molar-refractivity contribution is 8.01. The van der Waals surface area contributed by atoms with Gasteiger partial charge in [0.25, 0.3) is 0 Å². The van der Waals surface area contributed by atoms with E-state index in [-0.39, 0.29) is 18.5 Å². The molecule has 1 heterocycles. The highest BCUT2D eigenvalue weighted by Crippen LogP contribution is 2.34. The van der Waals surface area contributed by atoms with Crippen LogP contribution in [0.5, 0.6) is 0 Å². The largest absolute Gasteiger partial charge is 0.481 e. The summed E-state index contributed by atoms with van der Waals surface area (Å²) in [4.78, 5) is 30.7. The number of nitrogens with one attached hydrogen (secondary N) is 1. The fraction of sp³-hybridized carbons (Fsp3) is 0.783. The first-order chi connectivity index (χ1) is 15.6. The van der Waals surface area contributed by atoms with Crippen LogP contribution in [0.3, 0.4) is 0 Å². The number of carboxylic acid groups (broad SMARTS) is 1. The predicted octanol–water partition coefficient (Wildman–Crippen LogP) is 5.86. The molecule has 0 spiro atoms. The fourth-order valence-corrected chi connectivity index (χ4v) is 6.69. The third-order valence-electron chi connectivity index (χ3n) is 6.48. The Kier molecular flexibility index (Phi) is 10.6. The number of aromatic nitrogens is 1. The second-order valence-electron chi connectivity index (χ2n) is 8.79. The van der Waals surface area contributed by atoms with Gasteiger partial charge in [0.1, 0.15) is 0 Å². The first-order valence-electron chi connectivity index (χ1n) is 12.0. The second-order valence-corrected chi connectivity index (χ2v) is 11.2. The molecular weight excluding hydrogens is 446 g/mol. The Labute approximate surface area is 199 Å². The molecule has 0 saturated heterocycles. The Morgan fingerprint density at radius 2 is 1.84 bits per heavy atom. The van der Waals surface area contributed by atoms with Crippen LogP contribution < -0.4 is 5.32 Å². The number of aliphatic carboxylic acids is 1. The van der Waals surface area contributed by atoms with Crippen LogP contribution in [-0.4, -0.2) is 58.0 Å². The van der Waals surface area contributed by atoms with Crippen LogP contribution in [0.1, 0.15) is 77.6 Å². The minimum Gasteiger partial charge on any atom is -0.481 e. The molecule has 32 heavy (non-hydrogen) atoms. The number of nitrogens with zero attached hydrogens (tertiary/aromatic N) is 2. The van der Waals surface area contributed by atoms with Crippen molar-refractivity contribution >= 4 is 40.2 Å². The maximum atomic E-state index is 13.5. The lowest BCUT2D eigenvalue weighted by Crippen LogP contribution is -2.50. The third kappa shape index (κ3) is 7.92. The van der Waals surface area contributed by atoms with Crippen LogP contribution in [0.2, 0.25) is 0 Å². The SMILES string of the molecule is CCOCC1CCC(N(C(=O)Nc2ncc(SCCC(=O)O)s2)C2CCCCCC2)CC1. The lowest BCUT2D eigenvalue weighted by atomic mass is 9.85. The normalized spacial score (nSPS) is 22.3. The van der Waals surface area contributed by atoms with Gasteiger partial charge in [-0.15, -0.1) is 11.8 Å². The van der Waals surface area contributed by atoms with Gasteiger partial charge in [-0.1, -0.05) is 37.0 Å². The number of anilines is 1. The number of urea groups is 1. The smallest absolute Gasteiger partial charge is 0.324 e. The molecule has 0 unspecified atom stereocenters. The van der Waals surface area contributed by atoms with E-state index in [4.69, 9.17) is 9.84 Å². The number of thiazole rings is 1. The molecule has 3 rings (SSSR count). The van der Waals surface area contributed by atoms with E-state index in [2.05, 4.69) is 15.2 Å². The van der Waals surface area contributed by atoms with Crippen molar-refractivity contribution in [3.8, 4) is 0 Å². The zero-order chi connectivity index (χ0) is 22.8. The highest BCUT2D eigenvalue weighted by atomic mass is 32.2. The number of rotatable bonds is 10. The Morgan fingerprint density at radius 3 is 2.50 bits per heavy atom. The molecule has 0 atom stereocenters. The van der Waals surface area contributed by atoms with Gasteiger partial charge in [-0.2, -0.15) is 0 Å². The number of hydrogen-bond acceptors (Lipinski definition) is 6. The highest BCUT2D eigenvalue weighted by Gasteiger charge is 2.34. The Balaban J connectivity index is 1.62. The zero-order valence-corrected chi connectivity index (χ0v) is 20.7. The molecule has 0 bridgehead atoms. The maximum absolute atomic E-state index is 13.5. The van der Waals surface area contributed by atoms with Crippen molar-refractivity contribution in [3.63, 3.8) is 0 Å². The topological polar surface area (TPSA) is 91.8 Å². The molecule has 2 aliphatic carbocycles. The molecule has 1 aromatic heterocycles. The predicted molar refractivity (Wildman–Crippen MR) is 130 cm³/mol. The van der Waals surface area contributed by atoms with Gasteiger partial charge in [0.05, 0.1) is 16.8 Å². The van der Waals surface area contributed by atoms with E-state index in [1.54, 1.807) is 6.20 Å². The molecule has 0 aliphatic heterocycles. The van der Waals surface area contributed by atoms with Crippen molar-refractivity contribution in [1.82, 2.24) is 9.88 Å². The van der Waals surface area contributed by atoms with E-state index in [0.29, 0.717) is 22.8 Å². The molecule has 2 fully saturated rings. The minimum atomic E-state index is -0.800. The van der Waals surface area contributed by atoms with Gasteiger partial charge in [0.15, 0.2) is 5.13 Å². The van der Waals surface area contributed by atoms with Crippen LogP contribution in [-0.2, 0) is 9.53 Å². The summed E-state index contributed by atoms with van der Waals surface area (Å²) < 4.78 is 6.57. The van der Waals surface area contributed by atoms with Crippen LogP contribution in [0.4, 0.5) is 9.93 Å². The number of thioether (sulfide) groups is 1. The van der Waals surface area contributed by atoms with E-state index in [1.165, 1.54) is 48.8 Å². The van der Waals surface area contributed by atoms with Gasteiger partial charge in [-0.05, 0) is 51.4 Å². The van der Waals surface area contributed by atoms with Crippen LogP contribution in [0.15, 0.2) is 10.4 Å². The van der Waals surface area contributed by atoms with Crippen LogP contribution >= 0.6 is 23.1 Å². The maximum Gasteiger partial charge on any atom is 0.324 e. The molecule has 180 valence electrons. The summed E-state index contributed by atoms with van der Waals surface area (Å²) in [5.41, 5.74) is 0. The molecule has 7 nitrogen and oxygen atoms in total. The van der Waals surface area contributed by atoms with Gasteiger partial charge in [0.2, 0.25) is 0 Å². The van der Waals surface area contributed by atoms with Gasteiger partial charge < -0.3 is 14.7 Å². The van der Waals surface area contributed by atoms with Gasteiger partial charge in [-0.25, -0.2) is 9.78 Å². The van der Waals surface area contributed by atoms with Crippen molar-refractivity contribution in [1.29, 1.82) is 0 Å². The Hall–Kier alpha value is -1.32. The number of carbonyl (C=O) groups is 2. The van der Waals surface area contributed by atoms with Crippen molar-refractivity contribution in [2.75, 3.05) is 24.3 Å². The molecule has 1 aromatic rings.